The Morgan fingerprint density at radius 3 is 2.60 bits per heavy atom. The Morgan fingerprint density at radius 1 is 1.50 bits per heavy atom. The summed E-state index contributed by atoms with van der Waals surface area (Å²) >= 11 is 5.89. The predicted molar refractivity (Wildman–Crippen MR) is 76.2 cm³/mol. The summed E-state index contributed by atoms with van der Waals surface area (Å²) < 4.78 is 0. The number of amides is 2. The normalized spacial score (nSPS) is 11.5. The Balaban J connectivity index is 3.04. The van der Waals surface area contributed by atoms with E-state index < -0.39 is 12.0 Å². The highest BCUT2D eigenvalue weighted by Crippen LogP contribution is 2.19. The molecular weight excluding hydrogens is 278 g/mol. The fourth-order valence-electron chi connectivity index (χ4n) is 1.59. The quantitative estimate of drug-likeness (QED) is 0.865. The zero-order valence-corrected chi connectivity index (χ0v) is 12.1. The second kappa shape index (κ2) is 6.97. The summed E-state index contributed by atoms with van der Waals surface area (Å²) in [6.07, 6.45) is 6.50. The summed E-state index contributed by atoms with van der Waals surface area (Å²) in [5.41, 5.74) is 0.534. The molecular formula is C15H15ClNO3. The molecule has 0 heterocycles. The van der Waals surface area contributed by atoms with Crippen molar-refractivity contribution in [3.05, 3.63) is 40.8 Å². The van der Waals surface area contributed by atoms with Crippen molar-refractivity contribution in [3.63, 3.8) is 0 Å². The van der Waals surface area contributed by atoms with Crippen LogP contribution in [0.2, 0.25) is 5.02 Å². The molecule has 1 atom stereocenters. The van der Waals surface area contributed by atoms with Gasteiger partial charge in [-0.15, -0.1) is 0 Å². The first-order chi connectivity index (χ1) is 9.40. The van der Waals surface area contributed by atoms with Gasteiger partial charge in [-0.25, -0.2) is 9.69 Å². The van der Waals surface area contributed by atoms with Gasteiger partial charge in [-0.1, -0.05) is 37.8 Å². The number of imide groups is 1. The number of halogens is 1. The van der Waals surface area contributed by atoms with Crippen LogP contribution in [0, 0.1) is 18.3 Å². The highest BCUT2D eigenvalue weighted by molar-refractivity contribution is 6.32. The standard InChI is InChI=1S/C15H15ClNO3/c1-4-10(3)9-17(15(19)20)14(18)12-7-6-11(5-2)13(16)8-12/h6-8,10H,4,9H2,1,3H3,(H,19,20). The molecule has 105 valence electrons. The lowest BCUT2D eigenvalue weighted by Crippen LogP contribution is -2.38. The van der Waals surface area contributed by atoms with E-state index in [0.29, 0.717) is 5.56 Å². The van der Waals surface area contributed by atoms with Gasteiger partial charge in [0.25, 0.3) is 5.91 Å². The highest BCUT2D eigenvalue weighted by Gasteiger charge is 2.24. The minimum absolute atomic E-state index is 0.0831. The van der Waals surface area contributed by atoms with Gasteiger partial charge in [0.2, 0.25) is 0 Å². The predicted octanol–water partition coefficient (Wildman–Crippen LogP) is 3.44. The molecule has 0 aliphatic carbocycles. The number of carboxylic acid groups (broad SMARTS) is 1. The van der Waals surface area contributed by atoms with Crippen molar-refractivity contribution in [2.24, 2.45) is 5.92 Å². The van der Waals surface area contributed by atoms with Gasteiger partial charge in [0.15, 0.2) is 0 Å². The fourth-order valence-corrected chi connectivity index (χ4v) is 1.82. The van der Waals surface area contributed by atoms with E-state index in [-0.39, 0.29) is 23.0 Å². The fraction of sp³-hybridized carbons (Fsp3) is 0.333. The molecule has 0 fully saturated rings. The van der Waals surface area contributed by atoms with Crippen LogP contribution in [0.15, 0.2) is 18.2 Å². The van der Waals surface area contributed by atoms with Crippen LogP contribution < -0.4 is 0 Å². The van der Waals surface area contributed by atoms with Crippen molar-refractivity contribution in [1.82, 2.24) is 4.90 Å². The minimum atomic E-state index is -1.28. The first kappa shape index (κ1) is 16.1. The number of hydrogen-bond donors (Lipinski definition) is 1. The Labute approximate surface area is 123 Å². The molecule has 0 aromatic heterocycles. The number of hydrogen-bond acceptors (Lipinski definition) is 2. The highest BCUT2D eigenvalue weighted by atomic mass is 35.5. The van der Waals surface area contributed by atoms with E-state index in [1.54, 1.807) is 0 Å². The number of nitrogens with zero attached hydrogens (tertiary/aromatic N) is 1. The van der Waals surface area contributed by atoms with E-state index in [1.807, 2.05) is 13.8 Å². The average Bonchev–Trinajstić information content (AvgIpc) is 2.43. The van der Waals surface area contributed by atoms with E-state index >= 15 is 0 Å². The van der Waals surface area contributed by atoms with Crippen LogP contribution >= 0.6 is 11.6 Å². The maximum Gasteiger partial charge on any atom is 0.414 e. The lowest BCUT2D eigenvalue weighted by Gasteiger charge is -2.20. The van der Waals surface area contributed by atoms with E-state index in [0.717, 1.165) is 11.3 Å². The number of rotatable bonds is 4. The molecule has 0 aliphatic heterocycles. The smallest absolute Gasteiger partial charge is 0.414 e. The molecule has 0 aliphatic rings. The second-order valence-corrected chi connectivity index (χ2v) is 4.94. The van der Waals surface area contributed by atoms with Crippen LogP contribution in [0.4, 0.5) is 4.79 Å². The molecule has 1 aromatic rings. The Morgan fingerprint density at radius 2 is 2.15 bits per heavy atom. The number of benzene rings is 1. The number of carbonyl (C=O) groups is 2. The monoisotopic (exact) mass is 292 g/mol. The van der Waals surface area contributed by atoms with Gasteiger partial charge >= 0.3 is 6.09 Å². The van der Waals surface area contributed by atoms with Gasteiger partial charge in [0, 0.05) is 17.7 Å². The maximum absolute atomic E-state index is 12.2. The van der Waals surface area contributed by atoms with Gasteiger partial charge in [-0.3, -0.25) is 4.79 Å². The molecule has 1 rings (SSSR count). The summed E-state index contributed by atoms with van der Waals surface area (Å²) in [5, 5.41) is 9.34. The van der Waals surface area contributed by atoms with Crippen molar-refractivity contribution < 1.29 is 14.7 Å². The molecule has 1 radical (unpaired) electrons. The van der Waals surface area contributed by atoms with Crippen molar-refractivity contribution in [2.75, 3.05) is 6.54 Å². The second-order valence-electron chi connectivity index (χ2n) is 4.53. The molecule has 1 aromatic carbocycles. The van der Waals surface area contributed by atoms with E-state index in [1.165, 1.54) is 18.2 Å². The first-order valence-corrected chi connectivity index (χ1v) is 6.55. The third kappa shape index (κ3) is 3.75. The molecule has 1 unspecified atom stereocenters. The lowest BCUT2D eigenvalue weighted by molar-refractivity contribution is 0.0717. The van der Waals surface area contributed by atoms with Crippen molar-refractivity contribution in [1.29, 1.82) is 0 Å². The first-order valence-electron chi connectivity index (χ1n) is 6.17. The molecule has 4 nitrogen and oxygen atoms in total. The molecule has 5 heteroatoms. The summed E-state index contributed by atoms with van der Waals surface area (Å²) in [4.78, 5) is 24.2. The Hall–Kier alpha value is -1.99. The summed E-state index contributed by atoms with van der Waals surface area (Å²) in [7, 11) is 0. The molecule has 1 N–H and O–H groups in total. The van der Waals surface area contributed by atoms with E-state index in [4.69, 9.17) is 23.1 Å². The van der Waals surface area contributed by atoms with Crippen LogP contribution in [0.1, 0.15) is 36.2 Å². The molecule has 20 heavy (non-hydrogen) atoms. The maximum atomic E-state index is 12.2. The number of carbonyl (C=O) groups excluding carboxylic acids is 1. The van der Waals surface area contributed by atoms with Crippen LogP contribution in [0.3, 0.4) is 0 Å². The summed E-state index contributed by atoms with van der Waals surface area (Å²) in [6, 6.07) is 4.26. The van der Waals surface area contributed by atoms with Crippen LogP contribution in [-0.4, -0.2) is 28.6 Å². The molecule has 0 saturated heterocycles. The summed E-state index contributed by atoms with van der Waals surface area (Å²) in [5.74, 6) is 1.60. The summed E-state index contributed by atoms with van der Waals surface area (Å²) in [6.45, 7) is 3.95. The van der Waals surface area contributed by atoms with E-state index in [2.05, 4.69) is 5.92 Å². The molecule has 2 amide bonds. The lowest BCUT2D eigenvalue weighted by atomic mass is 10.1. The van der Waals surface area contributed by atoms with Crippen LogP contribution in [0.5, 0.6) is 0 Å². The van der Waals surface area contributed by atoms with Gasteiger partial charge < -0.3 is 5.11 Å². The van der Waals surface area contributed by atoms with Crippen LogP contribution in [0.25, 0.3) is 0 Å². The van der Waals surface area contributed by atoms with Gasteiger partial charge in [0.05, 0.1) is 5.02 Å². The van der Waals surface area contributed by atoms with E-state index in [9.17, 15) is 9.59 Å². The van der Waals surface area contributed by atoms with Gasteiger partial charge in [0.1, 0.15) is 0 Å². The third-order valence-electron chi connectivity index (χ3n) is 3.02. The molecule has 0 bridgehead atoms. The zero-order chi connectivity index (χ0) is 15.3. The third-order valence-corrected chi connectivity index (χ3v) is 3.33. The SMILES string of the molecule is [C]#Cc1ccc(C(=O)N(CC(C)CC)C(=O)O)cc1Cl. The van der Waals surface area contributed by atoms with Crippen molar-refractivity contribution in [2.45, 2.75) is 20.3 Å². The zero-order valence-electron chi connectivity index (χ0n) is 11.3. The topological polar surface area (TPSA) is 57.6 Å². The average molecular weight is 293 g/mol. The van der Waals surface area contributed by atoms with Crippen molar-refractivity contribution >= 4 is 23.6 Å². The van der Waals surface area contributed by atoms with Gasteiger partial charge in [-0.05, 0) is 30.5 Å². The van der Waals surface area contributed by atoms with Crippen molar-refractivity contribution in [3.8, 4) is 5.92 Å². The molecule has 0 spiro atoms. The minimum Gasteiger partial charge on any atom is -0.465 e. The van der Waals surface area contributed by atoms with Gasteiger partial charge in [-0.2, -0.15) is 0 Å². The van der Waals surface area contributed by atoms with Crippen LogP contribution in [-0.2, 0) is 0 Å². The largest absolute Gasteiger partial charge is 0.465 e. The Kier molecular flexibility index (Phi) is 5.60. The molecule has 0 saturated carbocycles. The Bertz CT molecular complexity index is 563.